The van der Waals surface area contributed by atoms with Crippen molar-refractivity contribution in [1.29, 1.82) is 0 Å². The predicted molar refractivity (Wildman–Crippen MR) is 139 cm³/mol. The summed E-state index contributed by atoms with van der Waals surface area (Å²) in [7, 11) is 0. The number of allylic oxidation sites excluding steroid dienone is 2. The van der Waals surface area contributed by atoms with E-state index in [0.29, 0.717) is 6.54 Å². The van der Waals surface area contributed by atoms with Crippen molar-refractivity contribution >= 4 is 17.2 Å². The summed E-state index contributed by atoms with van der Waals surface area (Å²) in [6, 6.07) is 3.93. The van der Waals surface area contributed by atoms with Gasteiger partial charge < -0.3 is 9.73 Å². The summed E-state index contributed by atoms with van der Waals surface area (Å²) in [5.74, 6) is 3.71. The Morgan fingerprint density at radius 1 is 1.28 bits per heavy atom. The van der Waals surface area contributed by atoms with Gasteiger partial charge in [-0.2, -0.15) is 0 Å². The third-order valence-electron chi connectivity index (χ3n) is 6.90. The summed E-state index contributed by atoms with van der Waals surface area (Å²) in [4.78, 5) is 7.79. The van der Waals surface area contributed by atoms with Crippen molar-refractivity contribution in [2.75, 3.05) is 0 Å². The largest absolute Gasteiger partial charge is 0.467 e. The number of aliphatic imine (C=N–C) groups is 1. The highest BCUT2D eigenvalue weighted by atomic mass is 32.1. The van der Waals surface area contributed by atoms with E-state index in [1.165, 1.54) is 65.1 Å². The first-order chi connectivity index (χ1) is 15.5. The zero-order valence-corrected chi connectivity index (χ0v) is 21.6. The van der Waals surface area contributed by atoms with Crippen LogP contribution in [0, 0.1) is 25.7 Å². The van der Waals surface area contributed by atoms with Crippen LogP contribution in [0.3, 0.4) is 0 Å². The number of hydrogen-bond donors (Lipinski definition) is 1. The second-order valence-corrected chi connectivity index (χ2v) is 10.6. The van der Waals surface area contributed by atoms with Crippen LogP contribution >= 0.6 is 11.3 Å². The first-order valence-corrected chi connectivity index (χ1v) is 13.5. The topological polar surface area (TPSA) is 37.5 Å². The lowest BCUT2D eigenvalue weighted by Crippen LogP contribution is -2.24. The molecule has 1 aliphatic rings. The molecule has 3 rings (SSSR count). The molecule has 2 aromatic heterocycles. The molecule has 2 heterocycles. The van der Waals surface area contributed by atoms with Crippen molar-refractivity contribution in [1.82, 2.24) is 5.32 Å². The molecule has 1 N–H and O–H groups in total. The van der Waals surface area contributed by atoms with Crippen LogP contribution in [0.4, 0.5) is 0 Å². The summed E-state index contributed by atoms with van der Waals surface area (Å²) in [6.07, 6.45) is 15.5. The minimum Gasteiger partial charge on any atom is -0.467 e. The molecule has 1 fully saturated rings. The predicted octanol–water partition coefficient (Wildman–Crippen LogP) is 8.35. The molecule has 2 aromatic rings. The number of amidine groups is 1. The van der Waals surface area contributed by atoms with Gasteiger partial charge in [-0.3, -0.25) is 4.99 Å². The fourth-order valence-corrected chi connectivity index (χ4v) is 5.69. The molecule has 0 aliphatic heterocycles. The van der Waals surface area contributed by atoms with Crippen LogP contribution in [0.5, 0.6) is 0 Å². The van der Waals surface area contributed by atoms with Gasteiger partial charge in [-0.15, -0.1) is 11.3 Å². The van der Waals surface area contributed by atoms with Crippen LogP contribution in [0.25, 0.3) is 0 Å². The van der Waals surface area contributed by atoms with Crippen molar-refractivity contribution in [3.05, 3.63) is 56.8 Å². The third-order valence-corrected chi connectivity index (χ3v) is 8.36. The Balaban J connectivity index is 1.77. The van der Waals surface area contributed by atoms with Gasteiger partial charge in [0.25, 0.3) is 0 Å². The maximum Gasteiger partial charge on any atom is 0.143 e. The maximum atomic E-state index is 5.54. The second kappa shape index (κ2) is 12.4. The third kappa shape index (κ3) is 6.84. The average Bonchev–Trinajstić information content (AvgIpc) is 3.38. The van der Waals surface area contributed by atoms with Gasteiger partial charge in [-0.05, 0) is 81.0 Å². The van der Waals surface area contributed by atoms with E-state index in [9.17, 15) is 0 Å². The molecule has 3 nitrogen and oxygen atoms in total. The fraction of sp³-hybridized carbons (Fsp3) is 0.607. The lowest BCUT2D eigenvalue weighted by Gasteiger charge is -2.28. The lowest BCUT2D eigenvalue weighted by molar-refractivity contribution is 0.251. The molecule has 176 valence electrons. The van der Waals surface area contributed by atoms with Crippen LogP contribution in [-0.4, -0.2) is 5.84 Å². The lowest BCUT2D eigenvalue weighted by atomic mass is 9.78. The van der Waals surface area contributed by atoms with Gasteiger partial charge in [0.1, 0.15) is 11.6 Å². The number of rotatable bonds is 12. The minimum atomic E-state index is 0.560. The molecule has 0 amide bonds. The highest BCUT2D eigenvalue weighted by molar-refractivity contribution is 7.14. The SMILES string of the molecule is CCC/C=C(\CC)NC(=NCc1ccco1)c1sc(CCC(C)CC2CCC2)c(C)c1C. The highest BCUT2D eigenvalue weighted by Crippen LogP contribution is 2.35. The van der Waals surface area contributed by atoms with Crippen molar-refractivity contribution in [2.45, 2.75) is 99.0 Å². The number of furan rings is 1. The smallest absolute Gasteiger partial charge is 0.143 e. The standard InChI is InChI=1S/C28H42N2OS/c1-6-8-13-24(7-2)30-28(29-19-25-14-10-17-31-25)27-22(5)21(4)26(32-27)16-15-20(3)18-23-11-9-12-23/h10,13-14,17,20,23H,6-9,11-12,15-16,18-19H2,1-5H3,(H,29,30)/b24-13+. The molecule has 1 aliphatic carbocycles. The van der Waals surface area contributed by atoms with Crippen molar-refractivity contribution in [3.63, 3.8) is 0 Å². The average molecular weight is 455 g/mol. The van der Waals surface area contributed by atoms with Crippen LogP contribution < -0.4 is 5.32 Å². The number of aryl methyl sites for hydroxylation is 1. The van der Waals surface area contributed by atoms with E-state index >= 15 is 0 Å². The van der Waals surface area contributed by atoms with Crippen molar-refractivity contribution < 1.29 is 4.42 Å². The molecule has 0 aromatic carbocycles. The summed E-state index contributed by atoms with van der Waals surface area (Å²) < 4.78 is 5.54. The van der Waals surface area contributed by atoms with Gasteiger partial charge in [0.15, 0.2) is 0 Å². The van der Waals surface area contributed by atoms with E-state index in [1.54, 1.807) is 6.26 Å². The molecule has 32 heavy (non-hydrogen) atoms. The fourth-order valence-electron chi connectivity index (χ4n) is 4.40. The Morgan fingerprint density at radius 2 is 2.09 bits per heavy atom. The highest BCUT2D eigenvalue weighted by Gasteiger charge is 2.21. The number of thiophene rings is 1. The summed E-state index contributed by atoms with van der Waals surface area (Å²) in [5, 5.41) is 3.68. The first kappa shape index (κ1) is 24.8. The van der Waals surface area contributed by atoms with E-state index in [1.807, 2.05) is 23.5 Å². The van der Waals surface area contributed by atoms with Crippen LogP contribution in [0.2, 0.25) is 0 Å². The molecule has 1 unspecified atom stereocenters. The molecule has 0 bridgehead atoms. The van der Waals surface area contributed by atoms with Crippen LogP contribution in [-0.2, 0) is 13.0 Å². The molecule has 4 heteroatoms. The van der Waals surface area contributed by atoms with Crippen LogP contribution in [0.15, 0.2) is 39.6 Å². The van der Waals surface area contributed by atoms with Gasteiger partial charge in [0.05, 0.1) is 17.7 Å². The van der Waals surface area contributed by atoms with Gasteiger partial charge in [-0.25, -0.2) is 0 Å². The van der Waals surface area contributed by atoms with Crippen molar-refractivity contribution in [2.24, 2.45) is 16.8 Å². The second-order valence-electron chi connectivity index (χ2n) is 9.52. The summed E-state index contributed by atoms with van der Waals surface area (Å²) in [5.41, 5.74) is 4.07. The van der Waals surface area contributed by atoms with E-state index in [-0.39, 0.29) is 0 Å². The van der Waals surface area contributed by atoms with E-state index in [0.717, 1.165) is 42.7 Å². The molecular formula is C28H42N2OS. The first-order valence-electron chi connectivity index (χ1n) is 12.6. The number of hydrogen-bond acceptors (Lipinski definition) is 3. The van der Waals surface area contributed by atoms with Crippen LogP contribution in [0.1, 0.15) is 98.8 Å². The Labute approximate surface area is 199 Å². The molecule has 0 saturated heterocycles. The molecular weight excluding hydrogens is 412 g/mol. The van der Waals surface area contributed by atoms with E-state index in [2.05, 4.69) is 46.0 Å². The minimum absolute atomic E-state index is 0.560. The quantitative estimate of drug-likeness (QED) is 0.258. The summed E-state index contributed by atoms with van der Waals surface area (Å²) in [6.45, 7) is 12.0. The van der Waals surface area contributed by atoms with Gasteiger partial charge in [0.2, 0.25) is 0 Å². The maximum absolute atomic E-state index is 5.54. The molecule has 1 atom stereocenters. The number of nitrogens with one attached hydrogen (secondary N) is 1. The Morgan fingerprint density at radius 3 is 2.72 bits per heavy atom. The van der Waals surface area contributed by atoms with Gasteiger partial charge in [-0.1, -0.05) is 52.5 Å². The van der Waals surface area contributed by atoms with E-state index < -0.39 is 0 Å². The van der Waals surface area contributed by atoms with E-state index in [4.69, 9.17) is 9.41 Å². The van der Waals surface area contributed by atoms with Gasteiger partial charge in [0, 0.05) is 10.6 Å². The number of nitrogens with zero attached hydrogens (tertiary/aromatic N) is 1. The van der Waals surface area contributed by atoms with Crippen molar-refractivity contribution in [3.8, 4) is 0 Å². The normalized spacial score (nSPS) is 16.3. The Kier molecular flexibility index (Phi) is 9.65. The zero-order chi connectivity index (χ0) is 22.9. The number of unbranched alkanes of at least 4 members (excludes halogenated alkanes) is 1. The zero-order valence-electron chi connectivity index (χ0n) is 20.8. The van der Waals surface area contributed by atoms with Gasteiger partial charge >= 0.3 is 0 Å². The molecule has 0 spiro atoms. The Hall–Kier alpha value is -1.81. The molecule has 1 saturated carbocycles. The Bertz CT molecular complexity index is 887. The monoisotopic (exact) mass is 454 g/mol. The molecule has 0 radical (unpaired) electrons. The summed E-state index contributed by atoms with van der Waals surface area (Å²) >= 11 is 1.94.